The molecule has 112 valence electrons. The number of hydrogen-bond donors (Lipinski definition) is 0. The predicted molar refractivity (Wildman–Crippen MR) is 84.5 cm³/mol. The lowest BCUT2D eigenvalue weighted by Crippen LogP contribution is -2.31. The first-order valence-electron chi connectivity index (χ1n) is 7.22. The summed E-state index contributed by atoms with van der Waals surface area (Å²) in [5.74, 6) is 1.05. The van der Waals surface area contributed by atoms with Crippen LogP contribution in [0.3, 0.4) is 0 Å². The number of carbonyl (C=O) groups is 1. The number of fused-ring (bicyclic) bond motifs is 1. The molecule has 2 rings (SSSR count). The maximum atomic E-state index is 11.0. The molecule has 0 radical (unpaired) electrons. The van der Waals surface area contributed by atoms with Crippen molar-refractivity contribution >= 4 is 12.0 Å². The molecule has 1 atom stereocenters. The van der Waals surface area contributed by atoms with Crippen molar-refractivity contribution < 1.29 is 14.3 Å². The molecule has 3 nitrogen and oxygen atoms in total. The molecule has 0 fully saturated rings. The lowest BCUT2D eigenvalue weighted by atomic mass is 9.94. The first-order chi connectivity index (χ1) is 9.88. The average Bonchev–Trinajstić information content (AvgIpc) is 2.38. The van der Waals surface area contributed by atoms with Gasteiger partial charge >= 0.3 is 5.97 Å². The van der Waals surface area contributed by atoms with Crippen LogP contribution in [0.5, 0.6) is 11.5 Å². The third-order valence-electron chi connectivity index (χ3n) is 3.39. The van der Waals surface area contributed by atoms with E-state index in [0.29, 0.717) is 5.75 Å². The molecule has 0 N–H and O–H groups in total. The van der Waals surface area contributed by atoms with Gasteiger partial charge in [0, 0.05) is 12.5 Å². The zero-order chi connectivity index (χ0) is 15.5. The van der Waals surface area contributed by atoms with Crippen LogP contribution in [0, 0.1) is 0 Å². The Morgan fingerprint density at radius 3 is 2.76 bits per heavy atom. The van der Waals surface area contributed by atoms with E-state index in [1.807, 2.05) is 18.2 Å². The van der Waals surface area contributed by atoms with Gasteiger partial charge in [-0.05, 0) is 57.9 Å². The van der Waals surface area contributed by atoms with Crippen LogP contribution in [-0.2, 0) is 4.79 Å². The summed E-state index contributed by atoms with van der Waals surface area (Å²) in [5.41, 5.74) is 1.97. The van der Waals surface area contributed by atoms with Gasteiger partial charge in [0.05, 0.1) is 0 Å². The second-order valence-corrected chi connectivity index (χ2v) is 5.86. The van der Waals surface area contributed by atoms with Crippen LogP contribution in [0.1, 0.15) is 46.1 Å². The van der Waals surface area contributed by atoms with Crippen LogP contribution in [0.2, 0.25) is 0 Å². The number of hydrogen-bond acceptors (Lipinski definition) is 3. The topological polar surface area (TPSA) is 35.5 Å². The van der Waals surface area contributed by atoms with E-state index in [-0.39, 0.29) is 11.6 Å². The lowest BCUT2D eigenvalue weighted by Gasteiger charge is -2.31. The fourth-order valence-electron chi connectivity index (χ4n) is 2.31. The van der Waals surface area contributed by atoms with Crippen molar-refractivity contribution in [1.82, 2.24) is 0 Å². The minimum absolute atomic E-state index is 0.290. The van der Waals surface area contributed by atoms with E-state index in [1.165, 1.54) is 12.5 Å². The van der Waals surface area contributed by atoms with Crippen molar-refractivity contribution in [3.8, 4) is 11.5 Å². The summed E-state index contributed by atoms with van der Waals surface area (Å²) in [6.45, 7) is 7.69. The summed E-state index contributed by atoms with van der Waals surface area (Å²) in [7, 11) is 0. The van der Waals surface area contributed by atoms with Crippen LogP contribution in [0.4, 0.5) is 0 Å². The largest absolute Gasteiger partial charge is 0.483 e. The fourth-order valence-corrected chi connectivity index (χ4v) is 2.31. The van der Waals surface area contributed by atoms with Gasteiger partial charge in [0.1, 0.15) is 17.1 Å². The van der Waals surface area contributed by atoms with Gasteiger partial charge in [-0.1, -0.05) is 17.7 Å². The molecular weight excluding hydrogens is 264 g/mol. The Morgan fingerprint density at radius 2 is 2.10 bits per heavy atom. The molecule has 0 aromatic heterocycles. The quantitative estimate of drug-likeness (QED) is 0.463. The van der Waals surface area contributed by atoms with E-state index >= 15 is 0 Å². The van der Waals surface area contributed by atoms with Crippen molar-refractivity contribution in [1.29, 1.82) is 0 Å². The van der Waals surface area contributed by atoms with E-state index in [2.05, 4.69) is 32.9 Å². The zero-order valence-electron chi connectivity index (χ0n) is 13.1. The number of rotatable bonds is 4. The van der Waals surface area contributed by atoms with Crippen LogP contribution < -0.4 is 9.47 Å². The maximum Gasteiger partial charge on any atom is 0.308 e. The van der Waals surface area contributed by atoms with Gasteiger partial charge in [-0.15, -0.1) is 0 Å². The lowest BCUT2D eigenvalue weighted by molar-refractivity contribution is -0.131. The fraction of sp³-hybridized carbons (Fsp3) is 0.389. The summed E-state index contributed by atoms with van der Waals surface area (Å²) in [5, 5.41) is 0. The molecule has 1 aliphatic rings. The highest BCUT2D eigenvalue weighted by Crippen LogP contribution is 2.35. The van der Waals surface area contributed by atoms with Crippen molar-refractivity contribution in [2.75, 3.05) is 0 Å². The first kappa shape index (κ1) is 15.4. The van der Waals surface area contributed by atoms with Crippen molar-refractivity contribution in [2.24, 2.45) is 0 Å². The predicted octanol–water partition coefficient (Wildman–Crippen LogP) is 4.52. The Balaban J connectivity index is 2.11. The van der Waals surface area contributed by atoms with E-state index < -0.39 is 0 Å². The third kappa shape index (κ3) is 4.22. The SMILES string of the molecule is CC(=O)Oc1ccc2c(c1)C=C[C@@](C)(CCC=C(C)C)O2. The second-order valence-electron chi connectivity index (χ2n) is 5.86. The average molecular weight is 286 g/mol. The Labute approximate surface area is 126 Å². The zero-order valence-corrected chi connectivity index (χ0v) is 13.1. The standard InChI is InChI=1S/C18H22O3/c1-13(2)6-5-10-18(4)11-9-15-12-16(20-14(3)19)7-8-17(15)21-18/h6-9,11-12H,5,10H2,1-4H3/t18-/m1/s1. The van der Waals surface area contributed by atoms with Gasteiger partial charge in [0.25, 0.3) is 0 Å². The molecule has 1 aliphatic heterocycles. The Bertz CT molecular complexity index is 594. The summed E-state index contributed by atoms with van der Waals surface area (Å²) in [4.78, 5) is 11.0. The highest BCUT2D eigenvalue weighted by Gasteiger charge is 2.26. The number of benzene rings is 1. The Hall–Kier alpha value is -2.03. The first-order valence-corrected chi connectivity index (χ1v) is 7.22. The van der Waals surface area contributed by atoms with Gasteiger partial charge in [-0.2, -0.15) is 0 Å². The number of esters is 1. The molecule has 1 aromatic carbocycles. The molecule has 0 unspecified atom stereocenters. The summed E-state index contributed by atoms with van der Waals surface area (Å²) >= 11 is 0. The van der Waals surface area contributed by atoms with Crippen LogP contribution in [0.25, 0.3) is 6.08 Å². The maximum absolute atomic E-state index is 11.0. The smallest absolute Gasteiger partial charge is 0.308 e. The number of allylic oxidation sites excluding steroid dienone is 2. The van der Waals surface area contributed by atoms with Crippen LogP contribution in [0.15, 0.2) is 35.9 Å². The van der Waals surface area contributed by atoms with Crippen LogP contribution in [-0.4, -0.2) is 11.6 Å². The highest BCUT2D eigenvalue weighted by molar-refractivity contribution is 5.70. The molecule has 0 amide bonds. The van der Waals surface area contributed by atoms with E-state index in [4.69, 9.17) is 9.47 Å². The molecule has 3 heteroatoms. The van der Waals surface area contributed by atoms with Gasteiger partial charge in [0.15, 0.2) is 0 Å². The number of ether oxygens (including phenoxy) is 2. The highest BCUT2D eigenvalue weighted by atomic mass is 16.5. The second kappa shape index (κ2) is 6.17. The molecule has 0 saturated carbocycles. The summed E-state index contributed by atoms with van der Waals surface area (Å²) in [6, 6.07) is 5.44. The van der Waals surface area contributed by atoms with E-state index in [1.54, 1.807) is 6.07 Å². The summed E-state index contributed by atoms with van der Waals surface area (Å²) in [6.07, 6.45) is 8.26. The molecule has 21 heavy (non-hydrogen) atoms. The van der Waals surface area contributed by atoms with E-state index in [0.717, 1.165) is 24.2 Å². The minimum Gasteiger partial charge on any atom is -0.483 e. The van der Waals surface area contributed by atoms with Crippen LogP contribution >= 0.6 is 0 Å². The summed E-state index contributed by atoms with van der Waals surface area (Å²) < 4.78 is 11.2. The molecule has 0 aliphatic carbocycles. The van der Waals surface area contributed by atoms with Crippen molar-refractivity contribution in [3.63, 3.8) is 0 Å². The Kier molecular flexibility index (Phi) is 4.51. The molecule has 0 saturated heterocycles. The third-order valence-corrected chi connectivity index (χ3v) is 3.39. The normalized spacial score (nSPS) is 19.4. The minimum atomic E-state index is -0.317. The van der Waals surface area contributed by atoms with Gasteiger partial charge in [-0.3, -0.25) is 4.79 Å². The molecule has 0 bridgehead atoms. The van der Waals surface area contributed by atoms with Crippen molar-refractivity contribution in [2.45, 2.75) is 46.1 Å². The van der Waals surface area contributed by atoms with E-state index in [9.17, 15) is 4.79 Å². The monoisotopic (exact) mass is 286 g/mol. The Morgan fingerprint density at radius 1 is 1.33 bits per heavy atom. The van der Waals surface area contributed by atoms with Gasteiger partial charge < -0.3 is 9.47 Å². The number of carbonyl (C=O) groups excluding carboxylic acids is 1. The van der Waals surface area contributed by atoms with Gasteiger partial charge in [0.2, 0.25) is 0 Å². The molecular formula is C18H22O3. The molecule has 1 aromatic rings. The van der Waals surface area contributed by atoms with Gasteiger partial charge in [-0.25, -0.2) is 0 Å². The molecule has 1 heterocycles. The van der Waals surface area contributed by atoms with Crippen molar-refractivity contribution in [3.05, 3.63) is 41.5 Å². The molecule has 0 spiro atoms.